The maximum Gasteiger partial charge on any atom is 0.223 e. The van der Waals surface area contributed by atoms with Gasteiger partial charge in [0.15, 0.2) is 5.78 Å². The second kappa shape index (κ2) is 6.81. The summed E-state index contributed by atoms with van der Waals surface area (Å²) in [5.74, 6) is 0.155. The van der Waals surface area contributed by atoms with Crippen LogP contribution in [0, 0.1) is 0 Å². The number of Topliss-reactive ketones (excluding diaryl/α,β-unsaturated/α-hetero) is 1. The topological polar surface area (TPSA) is 93.8 Å². The summed E-state index contributed by atoms with van der Waals surface area (Å²) >= 11 is 0. The molecule has 2 aromatic heterocycles. The van der Waals surface area contributed by atoms with Crippen molar-refractivity contribution in [1.82, 2.24) is 25.2 Å². The molecule has 0 saturated carbocycles. The van der Waals surface area contributed by atoms with E-state index in [4.69, 9.17) is 5.11 Å². The molecule has 7 heteroatoms. The first kappa shape index (κ1) is 16.0. The Balaban J connectivity index is 1.54. The van der Waals surface area contributed by atoms with E-state index in [1.165, 1.54) is 4.80 Å². The van der Waals surface area contributed by atoms with Gasteiger partial charge in [0.2, 0.25) is 5.82 Å². The average Bonchev–Trinajstić information content (AvgIpc) is 3.16. The Hall–Kier alpha value is -3.45. The third kappa shape index (κ3) is 3.20. The van der Waals surface area contributed by atoms with E-state index in [1.807, 2.05) is 36.4 Å². The number of benzene rings is 2. The van der Waals surface area contributed by atoms with Crippen molar-refractivity contribution in [3.05, 3.63) is 71.8 Å². The molecule has 0 bridgehead atoms. The molecular weight excluding hydrogens is 330 g/mol. The van der Waals surface area contributed by atoms with Gasteiger partial charge in [0.25, 0.3) is 0 Å². The molecule has 4 aromatic rings. The lowest BCUT2D eigenvalue weighted by Crippen LogP contribution is -2.06. The van der Waals surface area contributed by atoms with Gasteiger partial charge in [-0.1, -0.05) is 48.5 Å². The fourth-order valence-electron chi connectivity index (χ4n) is 2.65. The third-order valence-electron chi connectivity index (χ3n) is 4.02. The lowest BCUT2D eigenvalue weighted by molar-refractivity contribution is 0.0903. The SMILES string of the molecule is O=C(CO)c1ccc(Cn2nnc(-c3ccc4ccccc4n3)n2)cc1. The number of aliphatic hydroxyl groups excluding tert-OH is 1. The predicted molar refractivity (Wildman–Crippen MR) is 95.5 cm³/mol. The number of para-hydroxylation sites is 1. The normalized spacial score (nSPS) is 11.0. The molecule has 0 saturated heterocycles. The first-order valence-corrected chi connectivity index (χ1v) is 8.10. The Bertz CT molecular complexity index is 1070. The Morgan fingerprint density at radius 1 is 1.00 bits per heavy atom. The molecule has 128 valence electrons. The van der Waals surface area contributed by atoms with Crippen molar-refractivity contribution in [2.24, 2.45) is 0 Å². The molecule has 1 N–H and O–H groups in total. The molecular formula is C19H15N5O2. The van der Waals surface area contributed by atoms with Crippen molar-refractivity contribution in [3.8, 4) is 11.5 Å². The van der Waals surface area contributed by atoms with Gasteiger partial charge in [0.05, 0.1) is 12.1 Å². The number of rotatable bonds is 5. The van der Waals surface area contributed by atoms with E-state index in [0.717, 1.165) is 16.5 Å². The van der Waals surface area contributed by atoms with Gasteiger partial charge >= 0.3 is 0 Å². The zero-order valence-electron chi connectivity index (χ0n) is 13.8. The molecule has 0 aliphatic heterocycles. The zero-order chi connectivity index (χ0) is 17.9. The first-order chi connectivity index (χ1) is 12.7. The largest absolute Gasteiger partial charge is 0.388 e. The number of carbonyl (C=O) groups is 1. The summed E-state index contributed by atoms with van der Waals surface area (Å²) in [5.41, 5.74) is 2.95. The lowest BCUT2D eigenvalue weighted by atomic mass is 10.1. The van der Waals surface area contributed by atoms with Crippen molar-refractivity contribution in [2.45, 2.75) is 6.54 Å². The van der Waals surface area contributed by atoms with Crippen LogP contribution < -0.4 is 0 Å². The molecule has 0 atom stereocenters. The maximum atomic E-state index is 11.4. The third-order valence-corrected chi connectivity index (χ3v) is 4.02. The van der Waals surface area contributed by atoms with Crippen LogP contribution in [0.4, 0.5) is 0 Å². The van der Waals surface area contributed by atoms with Crippen LogP contribution >= 0.6 is 0 Å². The highest BCUT2D eigenvalue weighted by Gasteiger charge is 2.09. The predicted octanol–water partition coefficient (Wildman–Crippen LogP) is 2.11. The summed E-state index contributed by atoms with van der Waals surface area (Å²) in [7, 11) is 0. The molecule has 2 aromatic carbocycles. The van der Waals surface area contributed by atoms with Crippen molar-refractivity contribution < 1.29 is 9.90 Å². The standard InChI is InChI=1S/C19H15N5O2/c25-12-18(26)15-7-5-13(6-8-15)11-24-22-19(21-23-24)17-10-9-14-3-1-2-4-16(14)20-17/h1-10,25H,11-12H2. The smallest absolute Gasteiger partial charge is 0.223 e. The Morgan fingerprint density at radius 3 is 2.62 bits per heavy atom. The number of ketones is 1. The Kier molecular flexibility index (Phi) is 4.20. The van der Waals surface area contributed by atoms with Gasteiger partial charge in [0.1, 0.15) is 12.3 Å². The quantitative estimate of drug-likeness (QED) is 0.557. The van der Waals surface area contributed by atoms with Gasteiger partial charge in [0, 0.05) is 10.9 Å². The number of aromatic nitrogens is 5. The minimum absolute atomic E-state index is 0.305. The van der Waals surface area contributed by atoms with E-state index in [9.17, 15) is 4.79 Å². The van der Waals surface area contributed by atoms with Crippen molar-refractivity contribution in [1.29, 1.82) is 0 Å². The summed E-state index contributed by atoms with van der Waals surface area (Å²) in [6.45, 7) is -0.0692. The summed E-state index contributed by atoms with van der Waals surface area (Å²) in [6, 6.07) is 18.7. The zero-order valence-corrected chi connectivity index (χ0v) is 13.8. The summed E-state index contributed by atoms with van der Waals surface area (Å²) < 4.78 is 0. The molecule has 0 spiro atoms. The molecule has 0 radical (unpaired) electrons. The number of carbonyl (C=O) groups excluding carboxylic acids is 1. The summed E-state index contributed by atoms with van der Waals surface area (Å²) in [6.07, 6.45) is 0. The molecule has 0 amide bonds. The van der Waals surface area contributed by atoms with Crippen molar-refractivity contribution in [2.75, 3.05) is 6.61 Å². The number of aliphatic hydroxyl groups is 1. The minimum atomic E-state index is -0.494. The highest BCUT2D eigenvalue weighted by molar-refractivity contribution is 5.96. The van der Waals surface area contributed by atoms with E-state index in [0.29, 0.717) is 23.6 Å². The molecule has 4 rings (SSSR count). The van der Waals surface area contributed by atoms with Crippen LogP contribution in [0.2, 0.25) is 0 Å². The maximum absolute atomic E-state index is 11.4. The van der Waals surface area contributed by atoms with Gasteiger partial charge in [-0.15, -0.1) is 10.2 Å². The van der Waals surface area contributed by atoms with Crippen LogP contribution in [0.3, 0.4) is 0 Å². The number of nitrogens with zero attached hydrogens (tertiary/aromatic N) is 5. The van der Waals surface area contributed by atoms with Crippen LogP contribution in [0.25, 0.3) is 22.4 Å². The summed E-state index contributed by atoms with van der Waals surface area (Å²) in [4.78, 5) is 17.5. The minimum Gasteiger partial charge on any atom is -0.388 e. The number of pyridine rings is 1. The lowest BCUT2D eigenvalue weighted by Gasteiger charge is -2.02. The van der Waals surface area contributed by atoms with Gasteiger partial charge in [-0.05, 0) is 22.9 Å². The molecule has 26 heavy (non-hydrogen) atoms. The molecule has 0 unspecified atom stereocenters. The van der Waals surface area contributed by atoms with E-state index in [2.05, 4.69) is 20.4 Å². The highest BCUT2D eigenvalue weighted by Crippen LogP contribution is 2.17. The monoisotopic (exact) mass is 345 g/mol. The van der Waals surface area contributed by atoms with Gasteiger partial charge in [-0.3, -0.25) is 4.79 Å². The number of fused-ring (bicyclic) bond motifs is 1. The second-order valence-electron chi connectivity index (χ2n) is 5.81. The highest BCUT2D eigenvalue weighted by atomic mass is 16.3. The van der Waals surface area contributed by atoms with Crippen molar-refractivity contribution in [3.63, 3.8) is 0 Å². The van der Waals surface area contributed by atoms with Crippen LogP contribution in [0.15, 0.2) is 60.7 Å². The molecule has 2 heterocycles. The van der Waals surface area contributed by atoms with Crippen LogP contribution in [0.5, 0.6) is 0 Å². The molecule has 0 fully saturated rings. The fourth-order valence-corrected chi connectivity index (χ4v) is 2.65. The number of hydrogen-bond acceptors (Lipinski definition) is 6. The Labute approximate surface area is 148 Å². The van der Waals surface area contributed by atoms with Crippen LogP contribution in [0.1, 0.15) is 15.9 Å². The number of hydrogen-bond donors (Lipinski definition) is 1. The van der Waals surface area contributed by atoms with Crippen LogP contribution in [-0.4, -0.2) is 42.7 Å². The number of tetrazole rings is 1. The fraction of sp³-hybridized carbons (Fsp3) is 0.105. The Morgan fingerprint density at radius 2 is 1.81 bits per heavy atom. The second-order valence-corrected chi connectivity index (χ2v) is 5.81. The van der Waals surface area contributed by atoms with Gasteiger partial charge in [-0.25, -0.2) is 4.98 Å². The molecule has 7 nitrogen and oxygen atoms in total. The first-order valence-electron chi connectivity index (χ1n) is 8.10. The molecule has 0 aliphatic rings. The van der Waals surface area contributed by atoms with Crippen LogP contribution in [-0.2, 0) is 6.54 Å². The average molecular weight is 345 g/mol. The van der Waals surface area contributed by atoms with Gasteiger partial charge < -0.3 is 5.11 Å². The van der Waals surface area contributed by atoms with E-state index < -0.39 is 6.61 Å². The van der Waals surface area contributed by atoms with Gasteiger partial charge in [-0.2, -0.15) is 4.80 Å². The van der Waals surface area contributed by atoms with Crippen molar-refractivity contribution >= 4 is 16.7 Å². The van der Waals surface area contributed by atoms with E-state index in [-0.39, 0.29) is 5.78 Å². The van der Waals surface area contributed by atoms with E-state index >= 15 is 0 Å². The molecule has 0 aliphatic carbocycles. The summed E-state index contributed by atoms with van der Waals surface area (Å²) in [5, 5.41) is 22.5. The van der Waals surface area contributed by atoms with E-state index in [1.54, 1.807) is 24.3 Å².